The molecule has 0 aliphatic heterocycles. The molecule has 12 heavy (non-hydrogen) atoms. The smallest absolute Gasteiger partial charge is 0.278 e. The lowest BCUT2D eigenvalue weighted by Gasteiger charge is -2.00. The Morgan fingerprint density at radius 3 is 2.50 bits per heavy atom. The number of aromatic nitrogens is 1. The van der Waals surface area contributed by atoms with Gasteiger partial charge < -0.3 is 4.98 Å². The predicted octanol–water partition coefficient (Wildman–Crippen LogP) is 1.76. The van der Waals surface area contributed by atoms with E-state index in [1.165, 1.54) is 6.92 Å². The fourth-order valence-electron chi connectivity index (χ4n) is 0.732. The first-order chi connectivity index (χ1) is 5.52. The van der Waals surface area contributed by atoms with Crippen LogP contribution in [0.1, 0.15) is 17.7 Å². The predicted molar refractivity (Wildman–Crippen MR) is 36.7 cm³/mol. The van der Waals surface area contributed by atoms with Crippen LogP contribution in [0.3, 0.4) is 0 Å². The SMILES string of the molecule is Cc1c(F)[nH]c(C(F)F)cc1=O. The van der Waals surface area contributed by atoms with E-state index >= 15 is 0 Å². The van der Waals surface area contributed by atoms with Crippen LogP contribution in [-0.2, 0) is 0 Å². The first-order valence-electron chi connectivity index (χ1n) is 3.20. The molecule has 1 aromatic rings. The summed E-state index contributed by atoms with van der Waals surface area (Å²) in [5.41, 5.74) is -1.59. The van der Waals surface area contributed by atoms with Crippen molar-refractivity contribution in [2.75, 3.05) is 0 Å². The molecule has 1 heterocycles. The van der Waals surface area contributed by atoms with Crippen molar-refractivity contribution < 1.29 is 13.2 Å². The number of alkyl halides is 2. The van der Waals surface area contributed by atoms with Crippen molar-refractivity contribution in [2.24, 2.45) is 0 Å². The molecule has 0 saturated heterocycles. The van der Waals surface area contributed by atoms with Gasteiger partial charge in [-0.25, -0.2) is 8.78 Å². The van der Waals surface area contributed by atoms with Gasteiger partial charge in [-0.1, -0.05) is 0 Å². The minimum Gasteiger partial charge on any atom is -0.330 e. The summed E-state index contributed by atoms with van der Waals surface area (Å²) in [5.74, 6) is -1.00. The zero-order chi connectivity index (χ0) is 9.30. The fourth-order valence-corrected chi connectivity index (χ4v) is 0.732. The summed E-state index contributed by atoms with van der Waals surface area (Å²) in [6, 6.07) is 0.698. The Hall–Kier alpha value is -1.26. The highest BCUT2D eigenvalue weighted by atomic mass is 19.3. The molecule has 0 aliphatic rings. The molecule has 1 aromatic heterocycles. The quantitative estimate of drug-likeness (QED) is 0.651. The molecule has 0 radical (unpaired) electrons. The number of aromatic amines is 1. The number of halogens is 3. The number of H-pyrrole nitrogens is 1. The van der Waals surface area contributed by atoms with Crippen LogP contribution in [0.15, 0.2) is 10.9 Å². The van der Waals surface area contributed by atoms with E-state index in [4.69, 9.17) is 0 Å². The molecule has 2 nitrogen and oxygen atoms in total. The fraction of sp³-hybridized carbons (Fsp3) is 0.286. The minimum absolute atomic E-state index is 0.181. The van der Waals surface area contributed by atoms with Crippen molar-refractivity contribution in [3.8, 4) is 0 Å². The molecule has 1 rings (SSSR count). The Bertz CT molecular complexity index is 345. The van der Waals surface area contributed by atoms with E-state index in [-0.39, 0.29) is 5.56 Å². The van der Waals surface area contributed by atoms with Gasteiger partial charge in [0.1, 0.15) is 0 Å². The highest BCUT2D eigenvalue weighted by molar-refractivity contribution is 5.15. The summed E-state index contributed by atoms with van der Waals surface area (Å²) in [7, 11) is 0. The lowest BCUT2D eigenvalue weighted by molar-refractivity contribution is 0.144. The highest BCUT2D eigenvalue weighted by Crippen LogP contribution is 2.14. The van der Waals surface area contributed by atoms with E-state index in [9.17, 15) is 18.0 Å². The topological polar surface area (TPSA) is 32.9 Å². The lowest BCUT2D eigenvalue weighted by atomic mass is 10.2. The van der Waals surface area contributed by atoms with E-state index in [0.717, 1.165) is 0 Å². The molecular weight excluding hydrogens is 171 g/mol. The van der Waals surface area contributed by atoms with Crippen LogP contribution in [0.2, 0.25) is 0 Å². The highest BCUT2D eigenvalue weighted by Gasteiger charge is 2.11. The second kappa shape index (κ2) is 3.00. The first-order valence-corrected chi connectivity index (χ1v) is 3.20. The van der Waals surface area contributed by atoms with Crippen LogP contribution in [-0.4, -0.2) is 4.98 Å². The third-order valence-electron chi connectivity index (χ3n) is 1.47. The van der Waals surface area contributed by atoms with Crippen molar-refractivity contribution in [1.29, 1.82) is 0 Å². The molecule has 0 atom stereocenters. The van der Waals surface area contributed by atoms with Crippen LogP contribution in [0.4, 0.5) is 13.2 Å². The molecule has 0 fully saturated rings. The van der Waals surface area contributed by atoms with Crippen molar-refractivity contribution >= 4 is 0 Å². The summed E-state index contributed by atoms with van der Waals surface area (Å²) >= 11 is 0. The molecule has 66 valence electrons. The van der Waals surface area contributed by atoms with Gasteiger partial charge in [0.2, 0.25) is 0 Å². The van der Waals surface area contributed by atoms with Gasteiger partial charge in [0.05, 0.1) is 5.69 Å². The van der Waals surface area contributed by atoms with Crippen molar-refractivity contribution in [3.63, 3.8) is 0 Å². The largest absolute Gasteiger partial charge is 0.330 e. The van der Waals surface area contributed by atoms with Crippen LogP contribution in [0, 0.1) is 12.9 Å². The van der Waals surface area contributed by atoms with E-state index in [2.05, 4.69) is 0 Å². The maximum absolute atomic E-state index is 12.6. The standard InChI is InChI=1S/C7H6F3NO/c1-3-5(12)2-4(6(8)9)11-7(3)10/h2,6H,1H3,(H,11,12). The molecule has 1 N–H and O–H groups in total. The number of pyridine rings is 1. The van der Waals surface area contributed by atoms with Crippen molar-refractivity contribution in [1.82, 2.24) is 4.98 Å². The van der Waals surface area contributed by atoms with Gasteiger partial charge in [0, 0.05) is 11.6 Å². The van der Waals surface area contributed by atoms with Crippen LogP contribution in [0.25, 0.3) is 0 Å². The maximum Gasteiger partial charge on any atom is 0.278 e. The van der Waals surface area contributed by atoms with Gasteiger partial charge in [-0.05, 0) is 6.92 Å². The van der Waals surface area contributed by atoms with Crippen molar-refractivity contribution in [2.45, 2.75) is 13.3 Å². The van der Waals surface area contributed by atoms with E-state index in [1.54, 1.807) is 4.98 Å². The molecule has 0 amide bonds. The normalized spacial score (nSPS) is 10.8. The van der Waals surface area contributed by atoms with Gasteiger partial charge in [0.15, 0.2) is 11.4 Å². The zero-order valence-electron chi connectivity index (χ0n) is 6.20. The van der Waals surface area contributed by atoms with E-state index in [1.807, 2.05) is 0 Å². The van der Waals surface area contributed by atoms with Crippen LogP contribution >= 0.6 is 0 Å². The Labute approximate surface area is 66.0 Å². The Morgan fingerprint density at radius 2 is 2.08 bits per heavy atom. The number of hydrogen-bond acceptors (Lipinski definition) is 1. The first kappa shape index (κ1) is 8.83. The number of hydrogen-bond donors (Lipinski definition) is 1. The molecule has 0 saturated carbocycles. The average molecular weight is 177 g/mol. The Morgan fingerprint density at radius 1 is 1.50 bits per heavy atom. The van der Waals surface area contributed by atoms with Crippen LogP contribution < -0.4 is 5.43 Å². The average Bonchev–Trinajstić information content (AvgIpc) is 1.99. The maximum atomic E-state index is 12.6. The van der Waals surface area contributed by atoms with E-state index in [0.29, 0.717) is 6.07 Å². The summed E-state index contributed by atoms with van der Waals surface area (Å²) in [6.07, 6.45) is -2.85. The number of rotatable bonds is 1. The van der Waals surface area contributed by atoms with Crippen LogP contribution in [0.5, 0.6) is 0 Å². The second-order valence-corrected chi connectivity index (χ2v) is 2.33. The summed E-state index contributed by atoms with van der Waals surface area (Å²) < 4.78 is 36.5. The lowest BCUT2D eigenvalue weighted by Crippen LogP contribution is -2.11. The molecule has 5 heteroatoms. The summed E-state index contributed by atoms with van der Waals surface area (Å²) in [6.45, 7) is 1.23. The van der Waals surface area contributed by atoms with E-state index < -0.39 is 23.5 Å². The molecule has 0 aromatic carbocycles. The Kier molecular flexibility index (Phi) is 2.21. The summed E-state index contributed by atoms with van der Waals surface area (Å²) in [4.78, 5) is 12.6. The van der Waals surface area contributed by atoms with Gasteiger partial charge in [-0.2, -0.15) is 4.39 Å². The van der Waals surface area contributed by atoms with Gasteiger partial charge in [-0.3, -0.25) is 4.79 Å². The Balaban J connectivity index is 3.31. The number of nitrogens with one attached hydrogen (secondary N) is 1. The molecule has 0 aliphatic carbocycles. The van der Waals surface area contributed by atoms with Gasteiger partial charge in [0.25, 0.3) is 6.43 Å². The second-order valence-electron chi connectivity index (χ2n) is 2.33. The third kappa shape index (κ3) is 1.49. The minimum atomic E-state index is -2.85. The molecule has 0 spiro atoms. The summed E-state index contributed by atoms with van der Waals surface area (Å²) in [5, 5.41) is 0. The van der Waals surface area contributed by atoms with Crippen molar-refractivity contribution in [3.05, 3.63) is 33.5 Å². The zero-order valence-corrected chi connectivity index (χ0v) is 6.20. The molecule has 0 bridgehead atoms. The van der Waals surface area contributed by atoms with Gasteiger partial charge >= 0.3 is 0 Å². The molecule has 0 unspecified atom stereocenters. The third-order valence-corrected chi connectivity index (χ3v) is 1.47. The molecular formula is C7H6F3NO. The monoisotopic (exact) mass is 177 g/mol. The van der Waals surface area contributed by atoms with Gasteiger partial charge in [-0.15, -0.1) is 0 Å².